The highest BCUT2D eigenvalue weighted by molar-refractivity contribution is 6.11. The number of primary amides is 2. The molecule has 2 aromatic rings. The van der Waals surface area contributed by atoms with Crippen molar-refractivity contribution >= 4 is 40.2 Å². The van der Waals surface area contributed by atoms with E-state index in [1.54, 1.807) is 6.20 Å². The quantitative estimate of drug-likeness (QED) is 0.410. The molecule has 35 heavy (non-hydrogen) atoms. The van der Waals surface area contributed by atoms with Gasteiger partial charge >= 0.3 is 5.97 Å². The summed E-state index contributed by atoms with van der Waals surface area (Å²) in [7, 11) is 0. The zero-order chi connectivity index (χ0) is 25.3. The van der Waals surface area contributed by atoms with Crippen LogP contribution in [0.3, 0.4) is 0 Å². The fraction of sp³-hybridized carbons (Fsp3) is 0.565. The first-order valence-electron chi connectivity index (χ1n) is 11.8. The predicted molar refractivity (Wildman–Crippen MR) is 128 cm³/mol. The second-order valence-electron chi connectivity index (χ2n) is 9.45. The smallest absolute Gasteiger partial charge is 0.306 e. The van der Waals surface area contributed by atoms with Gasteiger partial charge in [-0.1, -0.05) is 5.16 Å². The Morgan fingerprint density at radius 1 is 1.20 bits per heavy atom. The highest BCUT2D eigenvalue weighted by Gasteiger charge is 2.43. The molecule has 12 heteroatoms. The Morgan fingerprint density at radius 3 is 2.43 bits per heavy atom. The summed E-state index contributed by atoms with van der Waals surface area (Å²) in [5.41, 5.74) is 13.1. The van der Waals surface area contributed by atoms with Crippen molar-refractivity contribution in [1.82, 2.24) is 14.8 Å². The summed E-state index contributed by atoms with van der Waals surface area (Å²) in [5.74, 6) is -2.33. The normalized spacial score (nSPS) is 21.4. The molecule has 0 radical (unpaired) electrons. The number of nitrogens with zero attached hydrogens (tertiary/aromatic N) is 4. The van der Waals surface area contributed by atoms with E-state index in [4.69, 9.17) is 16.3 Å². The molecule has 2 aliphatic rings. The van der Waals surface area contributed by atoms with Crippen molar-refractivity contribution in [2.75, 3.05) is 5.32 Å². The van der Waals surface area contributed by atoms with E-state index in [0.29, 0.717) is 43.5 Å². The monoisotopic (exact) mass is 485 g/mol. The topological polar surface area (TPSA) is 188 Å². The number of anilines is 1. The highest BCUT2D eigenvalue weighted by atomic mass is 16.7. The van der Waals surface area contributed by atoms with Gasteiger partial charge in [-0.3, -0.25) is 14.4 Å². The number of rotatable bonds is 9. The van der Waals surface area contributed by atoms with Crippen molar-refractivity contribution in [3.63, 3.8) is 0 Å². The largest absolute Gasteiger partial charge is 0.481 e. The number of oxime groups is 1. The number of carboxylic acids is 1. The number of amides is 2. The van der Waals surface area contributed by atoms with Gasteiger partial charge in [0.05, 0.1) is 41.2 Å². The summed E-state index contributed by atoms with van der Waals surface area (Å²) < 4.78 is 1.82. The van der Waals surface area contributed by atoms with Gasteiger partial charge in [0.2, 0.25) is 11.8 Å². The molecular weight excluding hydrogens is 454 g/mol. The lowest BCUT2D eigenvalue weighted by Gasteiger charge is -2.29. The third kappa shape index (κ3) is 4.91. The second-order valence-corrected chi connectivity index (χ2v) is 9.45. The Balaban J connectivity index is 1.71. The number of pyridine rings is 1. The van der Waals surface area contributed by atoms with E-state index in [9.17, 15) is 19.5 Å². The molecule has 0 spiro atoms. The molecule has 2 amide bonds. The number of aromatic nitrogens is 3. The van der Waals surface area contributed by atoms with Gasteiger partial charge in [-0.05, 0) is 39.5 Å². The predicted octanol–water partition coefficient (Wildman–Crippen LogP) is 1.43. The lowest BCUT2D eigenvalue weighted by Crippen LogP contribution is -2.39. The summed E-state index contributed by atoms with van der Waals surface area (Å²) in [5, 5.41) is 22.7. The Labute approximate surface area is 202 Å². The van der Waals surface area contributed by atoms with Crippen LogP contribution in [-0.2, 0) is 25.8 Å². The molecule has 2 aromatic heterocycles. The first kappa shape index (κ1) is 24.4. The molecule has 1 aliphatic heterocycles. The standard InChI is InChI=1S/C23H31N7O5/c1-3-30-21-19(12(2)28-30)20(27-14-6-4-13(5-7-14)22(33)34)15(11-26-21)16-8-23(35-29-16,9-17(24)31)10-18(25)32/h11,13-14H,3-10H2,1-2H3,(H2,24,31)(H2,25,32)(H,26,27)(H,33,34). The zero-order valence-electron chi connectivity index (χ0n) is 19.9. The number of aryl methyl sites for hydroxylation is 2. The van der Waals surface area contributed by atoms with Gasteiger partial charge in [0, 0.05) is 30.8 Å². The summed E-state index contributed by atoms with van der Waals surface area (Å²) in [4.78, 5) is 45.1. The first-order valence-corrected chi connectivity index (χ1v) is 11.8. The number of fused-ring (bicyclic) bond motifs is 1. The average molecular weight is 486 g/mol. The number of aliphatic carboxylic acids is 1. The molecule has 0 bridgehead atoms. The van der Waals surface area contributed by atoms with E-state index in [1.165, 1.54) is 0 Å². The summed E-state index contributed by atoms with van der Waals surface area (Å²) in [6, 6.07) is 0.0586. The highest BCUT2D eigenvalue weighted by Crippen LogP contribution is 2.38. The molecule has 1 aliphatic carbocycles. The zero-order valence-corrected chi connectivity index (χ0v) is 19.9. The molecule has 1 saturated carbocycles. The summed E-state index contributed by atoms with van der Waals surface area (Å²) in [6.45, 7) is 4.53. The van der Waals surface area contributed by atoms with Gasteiger partial charge in [-0.25, -0.2) is 9.67 Å². The number of carbonyl (C=O) groups is 3. The number of hydrogen-bond acceptors (Lipinski definition) is 8. The average Bonchev–Trinajstić information content (AvgIpc) is 3.34. The van der Waals surface area contributed by atoms with Crippen molar-refractivity contribution in [1.29, 1.82) is 0 Å². The summed E-state index contributed by atoms with van der Waals surface area (Å²) >= 11 is 0. The molecule has 0 aromatic carbocycles. The fourth-order valence-corrected chi connectivity index (χ4v) is 5.15. The van der Waals surface area contributed by atoms with Gasteiger partial charge < -0.3 is 26.7 Å². The fourth-order valence-electron chi connectivity index (χ4n) is 5.15. The van der Waals surface area contributed by atoms with Crippen molar-refractivity contribution < 1.29 is 24.3 Å². The lowest BCUT2D eigenvalue weighted by atomic mass is 9.85. The maximum Gasteiger partial charge on any atom is 0.306 e. The van der Waals surface area contributed by atoms with Gasteiger partial charge in [0.1, 0.15) is 0 Å². The van der Waals surface area contributed by atoms with E-state index in [2.05, 4.69) is 20.6 Å². The Kier molecular flexibility index (Phi) is 6.64. The van der Waals surface area contributed by atoms with E-state index < -0.39 is 23.4 Å². The maximum atomic E-state index is 11.7. The lowest BCUT2D eigenvalue weighted by molar-refractivity contribution is -0.142. The number of carboxylic acid groups (broad SMARTS) is 1. The minimum Gasteiger partial charge on any atom is -0.481 e. The van der Waals surface area contributed by atoms with Crippen LogP contribution in [0.1, 0.15) is 63.1 Å². The van der Waals surface area contributed by atoms with E-state index in [-0.39, 0.29) is 31.2 Å². The van der Waals surface area contributed by atoms with Crippen LogP contribution in [0.25, 0.3) is 11.0 Å². The van der Waals surface area contributed by atoms with Gasteiger partial charge in [0.25, 0.3) is 0 Å². The molecular formula is C23H31N7O5. The van der Waals surface area contributed by atoms with Crippen molar-refractivity contribution in [3.8, 4) is 0 Å². The van der Waals surface area contributed by atoms with Crippen LogP contribution in [-0.4, -0.2) is 55.0 Å². The van der Waals surface area contributed by atoms with Crippen LogP contribution in [0.4, 0.5) is 5.69 Å². The number of nitrogens with one attached hydrogen (secondary N) is 1. The Morgan fingerprint density at radius 2 is 1.86 bits per heavy atom. The van der Waals surface area contributed by atoms with Crippen LogP contribution >= 0.6 is 0 Å². The molecule has 1 fully saturated rings. The molecule has 0 saturated heterocycles. The first-order chi connectivity index (χ1) is 16.6. The SMILES string of the molecule is CCn1nc(C)c2c(NC3CCC(C(=O)O)CC3)c(C3=NOC(CC(N)=O)(CC(N)=O)C3)cnc21. The van der Waals surface area contributed by atoms with Crippen molar-refractivity contribution in [3.05, 3.63) is 17.5 Å². The van der Waals surface area contributed by atoms with Crippen molar-refractivity contribution in [2.45, 2.75) is 77.0 Å². The minimum atomic E-state index is -1.23. The Hall–Kier alpha value is -3.70. The van der Waals surface area contributed by atoms with E-state index in [1.807, 2.05) is 18.5 Å². The molecule has 0 unspecified atom stereocenters. The van der Waals surface area contributed by atoms with Crippen LogP contribution < -0.4 is 16.8 Å². The number of hydrogen-bond donors (Lipinski definition) is 4. The van der Waals surface area contributed by atoms with Gasteiger partial charge in [0.15, 0.2) is 11.2 Å². The van der Waals surface area contributed by atoms with Crippen molar-refractivity contribution in [2.24, 2.45) is 22.5 Å². The second kappa shape index (κ2) is 9.51. The molecule has 188 valence electrons. The summed E-state index contributed by atoms with van der Waals surface area (Å²) in [6.07, 6.45) is 4.04. The minimum absolute atomic E-state index is 0.0586. The Bertz CT molecular complexity index is 1180. The molecule has 6 N–H and O–H groups in total. The maximum absolute atomic E-state index is 11.7. The molecule has 12 nitrogen and oxygen atoms in total. The number of carbonyl (C=O) groups excluding carboxylic acids is 2. The van der Waals surface area contributed by atoms with Crippen LogP contribution in [0.2, 0.25) is 0 Å². The third-order valence-electron chi connectivity index (χ3n) is 6.80. The van der Waals surface area contributed by atoms with Crippen LogP contribution in [0, 0.1) is 12.8 Å². The van der Waals surface area contributed by atoms with E-state index >= 15 is 0 Å². The molecule has 3 heterocycles. The van der Waals surface area contributed by atoms with Gasteiger partial charge in [-0.15, -0.1) is 0 Å². The van der Waals surface area contributed by atoms with E-state index in [0.717, 1.165) is 22.4 Å². The van der Waals surface area contributed by atoms with Crippen LogP contribution in [0.5, 0.6) is 0 Å². The molecule has 0 atom stereocenters. The molecule has 4 rings (SSSR count). The van der Waals surface area contributed by atoms with Gasteiger partial charge in [-0.2, -0.15) is 5.10 Å². The number of nitrogens with two attached hydrogens (primary N) is 2. The van der Waals surface area contributed by atoms with Crippen LogP contribution in [0.15, 0.2) is 11.4 Å². The third-order valence-corrected chi connectivity index (χ3v) is 6.80.